The molecule has 0 spiro atoms. The first-order valence-electron chi connectivity index (χ1n) is 7.98. The largest absolute Gasteiger partial charge is 0.383 e. The summed E-state index contributed by atoms with van der Waals surface area (Å²) in [4.78, 5) is 4.51. The highest BCUT2D eigenvalue weighted by atomic mass is 14.9. The minimum absolute atomic E-state index is 0.220. The number of nitrogens with zero attached hydrogens (tertiary/aromatic N) is 3. The fourth-order valence-electron chi connectivity index (χ4n) is 2.96. The molecule has 25 heavy (non-hydrogen) atoms. The van der Waals surface area contributed by atoms with E-state index in [9.17, 15) is 5.26 Å². The number of rotatable bonds is 3. The lowest BCUT2D eigenvalue weighted by molar-refractivity contribution is 1.11. The first kappa shape index (κ1) is 16.2. The van der Waals surface area contributed by atoms with Crippen molar-refractivity contribution < 1.29 is 0 Å². The van der Waals surface area contributed by atoms with E-state index < -0.39 is 0 Å². The molecule has 0 aliphatic rings. The lowest BCUT2D eigenvalue weighted by Crippen LogP contribution is -2.05. The van der Waals surface area contributed by atoms with Gasteiger partial charge in [-0.25, -0.2) is 4.98 Å². The summed E-state index contributed by atoms with van der Waals surface area (Å²) in [6.45, 7) is 2.04. The number of hydrogen-bond donors (Lipinski definition) is 1. The van der Waals surface area contributed by atoms with E-state index in [0.717, 1.165) is 27.9 Å². The minimum atomic E-state index is 0.220. The zero-order chi connectivity index (χ0) is 17.8. The van der Waals surface area contributed by atoms with Crippen LogP contribution in [0.25, 0.3) is 22.4 Å². The summed E-state index contributed by atoms with van der Waals surface area (Å²) >= 11 is 0. The third kappa shape index (κ3) is 2.94. The Morgan fingerprint density at radius 2 is 1.60 bits per heavy atom. The van der Waals surface area contributed by atoms with Crippen LogP contribution in [0.5, 0.6) is 0 Å². The van der Waals surface area contributed by atoms with Crippen molar-refractivity contribution in [3.63, 3.8) is 0 Å². The molecule has 0 aliphatic heterocycles. The number of aromatic nitrogens is 1. The third-order valence-corrected chi connectivity index (χ3v) is 4.14. The van der Waals surface area contributed by atoms with Gasteiger partial charge in [0.1, 0.15) is 17.5 Å². The molecule has 0 aliphatic carbocycles. The zero-order valence-electron chi connectivity index (χ0n) is 13.8. The quantitative estimate of drug-likeness (QED) is 0.778. The summed E-state index contributed by atoms with van der Waals surface area (Å²) in [5, 5.41) is 18.6. The predicted molar refractivity (Wildman–Crippen MR) is 98.3 cm³/mol. The van der Waals surface area contributed by atoms with Gasteiger partial charge in [0.15, 0.2) is 0 Å². The lowest BCUT2D eigenvalue weighted by atomic mass is 9.90. The van der Waals surface area contributed by atoms with Crippen molar-refractivity contribution in [3.05, 3.63) is 71.3 Å². The van der Waals surface area contributed by atoms with E-state index >= 15 is 0 Å². The molecule has 0 radical (unpaired) electrons. The summed E-state index contributed by atoms with van der Waals surface area (Å²) in [5.74, 6) is 0.220. The molecule has 0 saturated heterocycles. The Bertz CT molecular complexity index is 991. The number of nitrogen functional groups attached to an aromatic ring is 1. The van der Waals surface area contributed by atoms with Crippen molar-refractivity contribution in [1.82, 2.24) is 4.98 Å². The monoisotopic (exact) mass is 324 g/mol. The van der Waals surface area contributed by atoms with Crippen molar-refractivity contribution in [1.29, 1.82) is 10.5 Å². The Balaban J connectivity index is 2.34. The summed E-state index contributed by atoms with van der Waals surface area (Å²) in [6.07, 6.45) is 0.710. The summed E-state index contributed by atoms with van der Waals surface area (Å²) in [6, 6.07) is 21.3. The molecule has 0 unspecified atom stereocenters. The van der Waals surface area contributed by atoms with Gasteiger partial charge in [0.25, 0.3) is 0 Å². The van der Waals surface area contributed by atoms with Crippen LogP contribution in [0.4, 0.5) is 5.82 Å². The molecule has 3 rings (SSSR count). The van der Waals surface area contributed by atoms with Crippen LogP contribution >= 0.6 is 0 Å². The van der Waals surface area contributed by atoms with Crippen molar-refractivity contribution in [2.24, 2.45) is 0 Å². The first-order chi connectivity index (χ1) is 12.2. The van der Waals surface area contributed by atoms with Crippen LogP contribution in [-0.4, -0.2) is 4.98 Å². The Kier molecular flexibility index (Phi) is 4.46. The van der Waals surface area contributed by atoms with Gasteiger partial charge in [0.05, 0.1) is 17.3 Å². The van der Waals surface area contributed by atoms with Crippen LogP contribution in [0.2, 0.25) is 0 Å². The Morgan fingerprint density at radius 1 is 0.920 bits per heavy atom. The Hall–Kier alpha value is -3.63. The first-order valence-corrected chi connectivity index (χ1v) is 7.98. The third-order valence-electron chi connectivity index (χ3n) is 4.14. The van der Waals surface area contributed by atoms with Gasteiger partial charge in [0, 0.05) is 11.1 Å². The highest BCUT2D eigenvalue weighted by Crippen LogP contribution is 2.36. The molecule has 2 N–H and O–H groups in total. The summed E-state index contributed by atoms with van der Waals surface area (Å²) < 4.78 is 0. The van der Waals surface area contributed by atoms with Crippen LogP contribution in [-0.2, 0) is 6.42 Å². The molecular weight excluding hydrogens is 308 g/mol. The molecule has 3 aromatic rings. The van der Waals surface area contributed by atoms with Crippen molar-refractivity contribution in [2.45, 2.75) is 13.3 Å². The number of anilines is 1. The highest BCUT2D eigenvalue weighted by Gasteiger charge is 2.19. The number of pyridine rings is 1. The molecule has 0 amide bonds. The second kappa shape index (κ2) is 6.86. The fraction of sp³-hybridized carbons (Fsp3) is 0.0952. The normalized spacial score (nSPS) is 10.0. The minimum Gasteiger partial charge on any atom is -0.383 e. The van der Waals surface area contributed by atoms with Gasteiger partial charge in [0.2, 0.25) is 0 Å². The van der Waals surface area contributed by atoms with Crippen molar-refractivity contribution >= 4 is 5.82 Å². The van der Waals surface area contributed by atoms with Gasteiger partial charge in [-0.1, -0.05) is 49.4 Å². The molecule has 0 atom stereocenters. The van der Waals surface area contributed by atoms with Gasteiger partial charge < -0.3 is 5.73 Å². The van der Waals surface area contributed by atoms with Gasteiger partial charge in [-0.3, -0.25) is 0 Å². The molecule has 1 aromatic heterocycles. The maximum absolute atomic E-state index is 9.62. The smallest absolute Gasteiger partial charge is 0.142 e. The van der Waals surface area contributed by atoms with Gasteiger partial charge in [-0.2, -0.15) is 10.5 Å². The average Bonchev–Trinajstić information content (AvgIpc) is 2.68. The van der Waals surface area contributed by atoms with E-state index in [1.54, 1.807) is 12.1 Å². The molecule has 0 fully saturated rings. The number of hydrogen-bond acceptors (Lipinski definition) is 4. The Morgan fingerprint density at radius 3 is 2.16 bits per heavy atom. The Labute approximate surface area is 146 Å². The second-order valence-electron chi connectivity index (χ2n) is 5.59. The number of benzene rings is 2. The van der Waals surface area contributed by atoms with Crippen LogP contribution in [0.3, 0.4) is 0 Å². The van der Waals surface area contributed by atoms with E-state index in [0.29, 0.717) is 17.5 Å². The van der Waals surface area contributed by atoms with Crippen LogP contribution < -0.4 is 5.73 Å². The maximum Gasteiger partial charge on any atom is 0.142 e. The zero-order valence-corrected chi connectivity index (χ0v) is 13.8. The van der Waals surface area contributed by atoms with Gasteiger partial charge in [-0.05, 0) is 29.7 Å². The van der Waals surface area contributed by atoms with E-state index in [4.69, 9.17) is 11.0 Å². The molecule has 120 valence electrons. The van der Waals surface area contributed by atoms with Crippen LogP contribution in [0.1, 0.15) is 23.6 Å². The van der Waals surface area contributed by atoms with E-state index in [-0.39, 0.29) is 5.82 Å². The average molecular weight is 324 g/mol. The summed E-state index contributed by atoms with van der Waals surface area (Å²) in [7, 11) is 0. The van der Waals surface area contributed by atoms with Gasteiger partial charge >= 0.3 is 0 Å². The molecule has 0 bridgehead atoms. The molecular formula is C21H16N4. The SMILES string of the molecule is CCc1c(-c2ccccc2)nc(N)c(C#N)c1-c1ccc(C#N)cc1. The molecule has 0 saturated carbocycles. The van der Waals surface area contributed by atoms with E-state index in [2.05, 4.69) is 17.1 Å². The predicted octanol–water partition coefficient (Wildman–Crippen LogP) is 4.30. The van der Waals surface area contributed by atoms with E-state index in [1.807, 2.05) is 49.4 Å². The lowest BCUT2D eigenvalue weighted by Gasteiger charge is -2.17. The van der Waals surface area contributed by atoms with Crippen LogP contribution in [0.15, 0.2) is 54.6 Å². The molecule has 2 aromatic carbocycles. The second-order valence-corrected chi connectivity index (χ2v) is 5.59. The van der Waals surface area contributed by atoms with Crippen molar-refractivity contribution in [3.8, 4) is 34.5 Å². The van der Waals surface area contributed by atoms with Gasteiger partial charge in [-0.15, -0.1) is 0 Å². The highest BCUT2D eigenvalue weighted by molar-refractivity contribution is 5.84. The van der Waals surface area contributed by atoms with Crippen molar-refractivity contribution in [2.75, 3.05) is 5.73 Å². The molecule has 4 heteroatoms. The van der Waals surface area contributed by atoms with Crippen LogP contribution in [0, 0.1) is 22.7 Å². The number of nitrogens with two attached hydrogens (primary N) is 1. The maximum atomic E-state index is 9.62. The molecule has 1 heterocycles. The number of nitriles is 2. The summed E-state index contributed by atoms with van der Waals surface area (Å²) in [5.41, 5.74) is 11.4. The standard InChI is InChI=1S/C21H16N4/c1-2-17-19(15-10-8-14(12-22)9-11-15)18(13-23)21(24)25-20(17)16-6-4-3-5-7-16/h3-11H,2H2,1H3,(H2,24,25). The van der Waals surface area contributed by atoms with E-state index in [1.165, 1.54) is 0 Å². The molecule has 4 nitrogen and oxygen atoms in total. The topological polar surface area (TPSA) is 86.5 Å². The fourth-order valence-corrected chi connectivity index (χ4v) is 2.96.